The zero-order valence-electron chi connectivity index (χ0n) is 5.33. The molecular formula is C4H12N4O. The molecule has 5 nitrogen and oxygen atoms in total. The molecule has 5 heteroatoms. The van der Waals surface area contributed by atoms with Crippen LogP contribution in [0.25, 0.3) is 0 Å². The van der Waals surface area contributed by atoms with Crippen molar-refractivity contribution in [2.75, 3.05) is 6.61 Å². The van der Waals surface area contributed by atoms with Gasteiger partial charge in [0.2, 0.25) is 5.96 Å². The first kappa shape index (κ1) is 8.19. The lowest BCUT2D eigenvalue weighted by Gasteiger charge is -2.02. The van der Waals surface area contributed by atoms with Crippen LogP contribution in [0.15, 0.2) is 4.99 Å². The molecule has 0 saturated carbocycles. The number of aliphatic imine (C=N–C) groups is 1. The largest absolute Gasteiger partial charge is 0.394 e. The second-order valence-corrected chi connectivity index (χ2v) is 1.69. The monoisotopic (exact) mass is 132 g/mol. The number of rotatable bonds is 2. The van der Waals surface area contributed by atoms with Crippen LogP contribution in [0.3, 0.4) is 0 Å². The fraction of sp³-hybridized carbons (Fsp3) is 0.750. The van der Waals surface area contributed by atoms with Gasteiger partial charge in [0.15, 0.2) is 0 Å². The molecule has 0 spiro atoms. The Morgan fingerprint density at radius 2 is 2.44 bits per heavy atom. The van der Waals surface area contributed by atoms with Crippen molar-refractivity contribution < 1.29 is 5.11 Å². The van der Waals surface area contributed by atoms with E-state index in [4.69, 9.17) is 16.7 Å². The molecule has 0 aliphatic rings. The van der Waals surface area contributed by atoms with Gasteiger partial charge in [-0.05, 0) is 6.92 Å². The highest BCUT2D eigenvalue weighted by molar-refractivity contribution is 5.77. The van der Waals surface area contributed by atoms with Gasteiger partial charge in [-0.2, -0.15) is 0 Å². The average molecular weight is 132 g/mol. The summed E-state index contributed by atoms with van der Waals surface area (Å²) >= 11 is 0. The molecule has 0 heterocycles. The predicted octanol–water partition coefficient (Wildman–Crippen LogP) is -1.85. The van der Waals surface area contributed by atoms with Crippen LogP contribution in [0.2, 0.25) is 0 Å². The van der Waals surface area contributed by atoms with Gasteiger partial charge in [0.1, 0.15) is 0 Å². The number of nitrogens with one attached hydrogen (secondary N) is 1. The minimum atomic E-state index is -0.193. The van der Waals surface area contributed by atoms with E-state index in [0.717, 1.165) is 0 Å². The van der Waals surface area contributed by atoms with E-state index in [0.29, 0.717) is 0 Å². The smallest absolute Gasteiger partial charge is 0.203 e. The van der Waals surface area contributed by atoms with Crippen LogP contribution in [-0.4, -0.2) is 23.7 Å². The van der Waals surface area contributed by atoms with Crippen molar-refractivity contribution in [1.29, 1.82) is 0 Å². The Kier molecular flexibility index (Phi) is 3.74. The van der Waals surface area contributed by atoms with E-state index in [2.05, 4.69) is 10.4 Å². The van der Waals surface area contributed by atoms with Gasteiger partial charge in [-0.25, -0.2) is 10.8 Å². The van der Waals surface area contributed by atoms with Gasteiger partial charge in [0, 0.05) is 0 Å². The van der Waals surface area contributed by atoms with E-state index in [1.807, 2.05) is 0 Å². The van der Waals surface area contributed by atoms with Crippen LogP contribution in [0.5, 0.6) is 0 Å². The molecule has 0 aromatic heterocycles. The minimum absolute atomic E-state index is 0.0254. The molecule has 0 radical (unpaired) electrons. The Hall–Kier alpha value is -0.810. The third-order valence-corrected chi connectivity index (χ3v) is 0.772. The molecule has 0 amide bonds. The quantitative estimate of drug-likeness (QED) is 0.153. The number of guanidine groups is 1. The summed E-state index contributed by atoms with van der Waals surface area (Å²) in [6.45, 7) is 1.70. The Morgan fingerprint density at radius 3 is 2.78 bits per heavy atom. The van der Waals surface area contributed by atoms with Crippen molar-refractivity contribution in [1.82, 2.24) is 5.43 Å². The topological polar surface area (TPSA) is 96.7 Å². The van der Waals surface area contributed by atoms with Gasteiger partial charge in [0.05, 0.1) is 12.6 Å². The molecule has 6 N–H and O–H groups in total. The molecule has 54 valence electrons. The Bertz CT molecular complexity index is 103. The molecule has 0 saturated heterocycles. The number of nitrogens with two attached hydrogens (primary N) is 2. The van der Waals surface area contributed by atoms with E-state index in [9.17, 15) is 0 Å². The Balaban J connectivity index is 3.64. The van der Waals surface area contributed by atoms with Gasteiger partial charge in [-0.15, -0.1) is 0 Å². The lowest BCUT2D eigenvalue weighted by Crippen LogP contribution is -2.38. The van der Waals surface area contributed by atoms with E-state index in [-0.39, 0.29) is 18.6 Å². The maximum absolute atomic E-state index is 8.45. The zero-order chi connectivity index (χ0) is 7.28. The molecular weight excluding hydrogens is 120 g/mol. The normalized spacial score (nSPS) is 15.2. The van der Waals surface area contributed by atoms with Crippen molar-refractivity contribution in [2.24, 2.45) is 16.6 Å². The van der Waals surface area contributed by atoms with Gasteiger partial charge in [-0.3, -0.25) is 5.43 Å². The number of hydrogen-bond donors (Lipinski definition) is 4. The fourth-order valence-corrected chi connectivity index (χ4v) is 0.316. The number of aliphatic hydroxyl groups excluding tert-OH is 1. The van der Waals surface area contributed by atoms with E-state index >= 15 is 0 Å². The molecule has 1 atom stereocenters. The Labute approximate surface area is 53.7 Å². The van der Waals surface area contributed by atoms with Gasteiger partial charge in [0.25, 0.3) is 0 Å². The standard InChI is InChI=1S/C4H12N4O/c1-3(2-9)7-4(5)8-6/h3,9H,2,6H2,1H3,(H3,5,7,8). The highest BCUT2D eigenvalue weighted by Crippen LogP contribution is 1.83. The van der Waals surface area contributed by atoms with E-state index in [1.54, 1.807) is 6.92 Å². The number of hydrogen-bond acceptors (Lipinski definition) is 3. The first-order valence-electron chi connectivity index (χ1n) is 2.61. The Morgan fingerprint density at radius 1 is 1.89 bits per heavy atom. The third kappa shape index (κ3) is 3.75. The number of hydrazine groups is 1. The summed E-state index contributed by atoms with van der Waals surface area (Å²) in [5.41, 5.74) is 7.30. The molecule has 0 bridgehead atoms. The van der Waals surface area contributed by atoms with Crippen molar-refractivity contribution in [3.63, 3.8) is 0 Å². The minimum Gasteiger partial charge on any atom is -0.394 e. The van der Waals surface area contributed by atoms with E-state index < -0.39 is 0 Å². The van der Waals surface area contributed by atoms with Crippen LogP contribution in [0, 0.1) is 0 Å². The summed E-state index contributed by atoms with van der Waals surface area (Å²) < 4.78 is 0. The van der Waals surface area contributed by atoms with Crippen LogP contribution in [0.4, 0.5) is 0 Å². The van der Waals surface area contributed by atoms with Crippen LogP contribution >= 0.6 is 0 Å². The average Bonchev–Trinajstić information content (AvgIpc) is 1.87. The second kappa shape index (κ2) is 4.11. The maximum Gasteiger partial charge on any atom is 0.203 e. The summed E-state index contributed by atoms with van der Waals surface area (Å²) in [6.07, 6.45) is 0. The van der Waals surface area contributed by atoms with Crippen molar-refractivity contribution in [3.8, 4) is 0 Å². The van der Waals surface area contributed by atoms with Gasteiger partial charge < -0.3 is 10.8 Å². The maximum atomic E-state index is 8.45. The molecule has 0 aliphatic heterocycles. The van der Waals surface area contributed by atoms with Crippen molar-refractivity contribution in [2.45, 2.75) is 13.0 Å². The molecule has 0 aromatic rings. The molecule has 0 aliphatic carbocycles. The predicted molar refractivity (Wildman–Crippen MR) is 35.5 cm³/mol. The fourth-order valence-electron chi connectivity index (χ4n) is 0.316. The molecule has 0 fully saturated rings. The van der Waals surface area contributed by atoms with Crippen molar-refractivity contribution >= 4 is 5.96 Å². The SMILES string of the molecule is CC(CO)N=C(N)NN. The highest BCUT2D eigenvalue weighted by atomic mass is 16.3. The summed E-state index contributed by atoms with van der Waals surface area (Å²) in [5.74, 6) is 5.02. The van der Waals surface area contributed by atoms with Crippen LogP contribution in [0.1, 0.15) is 6.92 Å². The highest BCUT2D eigenvalue weighted by Gasteiger charge is 1.94. The molecule has 1 unspecified atom stereocenters. The molecule has 0 aromatic carbocycles. The first-order chi connectivity index (χ1) is 4.20. The van der Waals surface area contributed by atoms with Crippen LogP contribution in [-0.2, 0) is 0 Å². The summed E-state index contributed by atoms with van der Waals surface area (Å²) in [4.78, 5) is 3.72. The number of nitrogens with zero attached hydrogens (tertiary/aromatic N) is 1. The van der Waals surface area contributed by atoms with Gasteiger partial charge >= 0.3 is 0 Å². The summed E-state index contributed by atoms with van der Waals surface area (Å²) in [5, 5.41) is 8.45. The van der Waals surface area contributed by atoms with E-state index in [1.165, 1.54) is 0 Å². The third-order valence-electron chi connectivity index (χ3n) is 0.772. The number of aliphatic hydroxyl groups is 1. The molecule has 9 heavy (non-hydrogen) atoms. The van der Waals surface area contributed by atoms with Crippen LogP contribution < -0.4 is 17.0 Å². The summed E-state index contributed by atoms with van der Waals surface area (Å²) in [7, 11) is 0. The lowest BCUT2D eigenvalue weighted by molar-refractivity contribution is 0.274. The molecule has 0 rings (SSSR count). The first-order valence-corrected chi connectivity index (χ1v) is 2.61. The lowest BCUT2D eigenvalue weighted by atomic mass is 10.4. The summed E-state index contributed by atoms with van der Waals surface area (Å²) in [6, 6.07) is -0.193. The van der Waals surface area contributed by atoms with Crippen molar-refractivity contribution in [3.05, 3.63) is 0 Å². The van der Waals surface area contributed by atoms with Gasteiger partial charge in [-0.1, -0.05) is 0 Å². The zero-order valence-corrected chi connectivity index (χ0v) is 5.33. The second-order valence-electron chi connectivity index (χ2n) is 1.69.